The fourth-order valence-corrected chi connectivity index (χ4v) is 4.05. The average Bonchev–Trinajstić information content (AvgIpc) is 2.25. The highest BCUT2D eigenvalue weighted by molar-refractivity contribution is 6.79. The van der Waals surface area contributed by atoms with E-state index in [2.05, 4.69) is 0 Å². The molecule has 0 spiro atoms. The second-order valence-electron chi connectivity index (χ2n) is 6.82. The van der Waals surface area contributed by atoms with Crippen molar-refractivity contribution in [1.82, 2.24) is 4.57 Å². The van der Waals surface area contributed by atoms with Gasteiger partial charge in [0.15, 0.2) is 8.24 Å². The molecule has 0 fully saturated rings. The van der Waals surface area contributed by atoms with Crippen LogP contribution in [-0.2, 0) is 4.79 Å². The minimum atomic E-state index is -4.78. The van der Waals surface area contributed by atoms with Gasteiger partial charge in [0, 0.05) is 6.54 Å². The lowest BCUT2D eigenvalue weighted by Crippen LogP contribution is -2.60. The third-order valence-electron chi connectivity index (χ3n) is 4.23. The summed E-state index contributed by atoms with van der Waals surface area (Å²) in [5, 5.41) is -0.293. The van der Waals surface area contributed by atoms with Gasteiger partial charge in [-0.15, -0.1) is 0 Å². The number of carbonyl (C=O) groups is 1. The van der Waals surface area contributed by atoms with Crippen LogP contribution in [-0.4, -0.2) is 31.4 Å². The van der Waals surface area contributed by atoms with Crippen molar-refractivity contribution in [2.45, 2.75) is 77.7 Å². The van der Waals surface area contributed by atoms with Crippen LogP contribution < -0.4 is 0 Å². The van der Waals surface area contributed by atoms with Crippen LogP contribution in [0.4, 0.5) is 13.2 Å². The van der Waals surface area contributed by atoms with E-state index in [0.29, 0.717) is 6.42 Å². The Morgan fingerprint density at radius 1 is 1.05 bits per heavy atom. The van der Waals surface area contributed by atoms with Crippen LogP contribution in [0.2, 0.25) is 18.1 Å². The molecule has 0 aromatic heterocycles. The molecule has 20 heavy (non-hydrogen) atoms. The molecule has 0 bridgehead atoms. The van der Waals surface area contributed by atoms with Crippen molar-refractivity contribution < 1.29 is 18.0 Å². The number of amides is 1. The molecular weight excluding hydrogens is 283 g/mol. The van der Waals surface area contributed by atoms with Gasteiger partial charge in [0.1, 0.15) is 0 Å². The summed E-state index contributed by atoms with van der Waals surface area (Å²) in [7, 11) is -2.50. The molecule has 0 aliphatic carbocycles. The van der Waals surface area contributed by atoms with Crippen molar-refractivity contribution in [1.29, 1.82) is 0 Å². The number of hydrogen-bond donors (Lipinski definition) is 0. The van der Waals surface area contributed by atoms with Gasteiger partial charge in [-0.3, -0.25) is 4.79 Å². The normalized spacial score (nSPS) is 13.4. The minimum absolute atomic E-state index is 0.217. The maximum Gasteiger partial charge on any atom is 0.470 e. The molecule has 0 N–H and O–H groups in total. The molecule has 0 aliphatic heterocycles. The summed E-state index contributed by atoms with van der Waals surface area (Å²) in [6.07, 6.45) is -1.26. The van der Waals surface area contributed by atoms with E-state index in [1.807, 2.05) is 40.8 Å². The van der Waals surface area contributed by atoms with Crippen LogP contribution in [0.5, 0.6) is 0 Å². The van der Waals surface area contributed by atoms with Crippen molar-refractivity contribution in [2.24, 2.45) is 0 Å². The lowest BCUT2D eigenvalue weighted by Gasteiger charge is -2.46. The Morgan fingerprint density at radius 2 is 1.55 bits per heavy atom. The summed E-state index contributed by atoms with van der Waals surface area (Å²) < 4.78 is 39.6. The van der Waals surface area contributed by atoms with E-state index < -0.39 is 20.3 Å². The molecule has 2 nitrogen and oxygen atoms in total. The van der Waals surface area contributed by atoms with E-state index in [9.17, 15) is 18.0 Å². The molecule has 6 heteroatoms. The predicted octanol–water partition coefficient (Wildman–Crippen LogP) is 4.96. The van der Waals surface area contributed by atoms with Crippen molar-refractivity contribution in [2.75, 3.05) is 6.54 Å². The Labute approximate surface area is 121 Å². The summed E-state index contributed by atoms with van der Waals surface area (Å²) in [6.45, 7) is 11.7. The molecule has 1 amide bonds. The van der Waals surface area contributed by atoms with Gasteiger partial charge in [-0.05, 0) is 11.5 Å². The summed E-state index contributed by atoms with van der Waals surface area (Å²) in [5.41, 5.74) is 0. The van der Waals surface area contributed by atoms with Crippen LogP contribution in [0.15, 0.2) is 0 Å². The van der Waals surface area contributed by atoms with Gasteiger partial charge in [-0.1, -0.05) is 60.1 Å². The number of carbonyl (C=O) groups excluding carboxylic acids is 1. The molecule has 0 radical (unpaired) electrons. The summed E-state index contributed by atoms with van der Waals surface area (Å²) in [4.78, 5) is 11.8. The van der Waals surface area contributed by atoms with Gasteiger partial charge in [0.05, 0.1) is 0 Å². The van der Waals surface area contributed by atoms with E-state index in [1.54, 1.807) is 0 Å². The molecule has 0 rings (SSSR count). The Bertz CT molecular complexity index is 321. The second kappa shape index (κ2) is 6.96. The van der Waals surface area contributed by atoms with E-state index >= 15 is 0 Å². The average molecular weight is 311 g/mol. The van der Waals surface area contributed by atoms with Gasteiger partial charge in [0.25, 0.3) is 0 Å². The van der Waals surface area contributed by atoms with E-state index in [-0.39, 0.29) is 11.6 Å². The second-order valence-corrected chi connectivity index (χ2v) is 12.0. The van der Waals surface area contributed by atoms with Crippen LogP contribution in [0.3, 0.4) is 0 Å². The van der Waals surface area contributed by atoms with Crippen LogP contribution in [0, 0.1) is 0 Å². The van der Waals surface area contributed by atoms with Crippen LogP contribution >= 0.6 is 0 Å². The Balaban J connectivity index is 5.13. The highest BCUT2D eigenvalue weighted by atomic mass is 28.3. The Kier molecular flexibility index (Phi) is 6.78. The topological polar surface area (TPSA) is 20.3 Å². The fourth-order valence-electron chi connectivity index (χ4n) is 1.89. The van der Waals surface area contributed by atoms with Gasteiger partial charge in [-0.25, -0.2) is 0 Å². The molecule has 0 atom stereocenters. The SMILES string of the molecule is CCCCCCN(C(=O)C(F)(F)F)[Si](C)(C)C(C)(C)C. The quantitative estimate of drug-likeness (QED) is 0.501. The van der Waals surface area contributed by atoms with Gasteiger partial charge < -0.3 is 4.57 Å². The number of rotatable bonds is 6. The maximum absolute atomic E-state index is 12.8. The van der Waals surface area contributed by atoms with Gasteiger partial charge in [-0.2, -0.15) is 13.2 Å². The van der Waals surface area contributed by atoms with Crippen molar-refractivity contribution in [3.8, 4) is 0 Å². The molecule has 0 aromatic carbocycles. The molecule has 0 saturated carbocycles. The standard InChI is InChI=1S/C14H28F3NOSi/c1-7-8-9-10-11-18(12(19)14(15,16)17)20(5,6)13(2,3)4/h7-11H2,1-6H3. The first-order chi connectivity index (χ1) is 8.85. The van der Waals surface area contributed by atoms with E-state index in [1.165, 1.54) is 0 Å². The zero-order chi connectivity index (χ0) is 16.2. The first-order valence-electron chi connectivity index (χ1n) is 7.24. The van der Waals surface area contributed by atoms with E-state index in [0.717, 1.165) is 23.8 Å². The summed E-state index contributed by atoms with van der Waals surface area (Å²) in [6, 6.07) is 0. The number of unbranched alkanes of at least 4 members (excludes halogenated alkanes) is 3. The van der Waals surface area contributed by atoms with Crippen molar-refractivity contribution >= 4 is 14.1 Å². The van der Waals surface area contributed by atoms with Crippen molar-refractivity contribution in [3.05, 3.63) is 0 Å². The minimum Gasteiger partial charge on any atom is -0.361 e. The first kappa shape index (κ1) is 19.5. The Morgan fingerprint density at radius 3 is 1.90 bits per heavy atom. The zero-order valence-corrected chi connectivity index (χ0v) is 14.5. The highest BCUT2D eigenvalue weighted by Gasteiger charge is 2.51. The molecule has 0 aliphatic rings. The van der Waals surface area contributed by atoms with Crippen LogP contribution in [0.1, 0.15) is 53.4 Å². The van der Waals surface area contributed by atoms with E-state index in [4.69, 9.17) is 0 Å². The number of alkyl halides is 3. The zero-order valence-electron chi connectivity index (χ0n) is 13.5. The summed E-state index contributed by atoms with van der Waals surface area (Å²) >= 11 is 0. The smallest absolute Gasteiger partial charge is 0.361 e. The number of hydrogen-bond acceptors (Lipinski definition) is 1. The third-order valence-corrected chi connectivity index (χ3v) is 9.68. The number of nitrogens with zero attached hydrogens (tertiary/aromatic N) is 1. The highest BCUT2D eigenvalue weighted by Crippen LogP contribution is 2.40. The van der Waals surface area contributed by atoms with Crippen molar-refractivity contribution in [3.63, 3.8) is 0 Å². The predicted molar refractivity (Wildman–Crippen MR) is 79.1 cm³/mol. The largest absolute Gasteiger partial charge is 0.470 e. The number of halogens is 3. The monoisotopic (exact) mass is 311 g/mol. The molecule has 0 saturated heterocycles. The molecule has 0 aromatic rings. The van der Waals surface area contributed by atoms with Gasteiger partial charge >= 0.3 is 12.1 Å². The third kappa shape index (κ3) is 5.11. The van der Waals surface area contributed by atoms with Crippen LogP contribution in [0.25, 0.3) is 0 Å². The Hall–Kier alpha value is -0.523. The molecule has 0 heterocycles. The molecule has 0 unspecified atom stereocenters. The summed E-state index contributed by atoms with van der Waals surface area (Å²) in [5.74, 6) is -1.67. The first-order valence-corrected chi connectivity index (χ1v) is 10.2. The lowest BCUT2D eigenvalue weighted by molar-refractivity contribution is -0.181. The fraction of sp³-hybridized carbons (Fsp3) is 0.929. The maximum atomic E-state index is 12.8. The lowest BCUT2D eigenvalue weighted by atomic mass is 10.2. The molecule has 120 valence electrons. The van der Waals surface area contributed by atoms with Gasteiger partial charge in [0.2, 0.25) is 0 Å². The molecular formula is C14H28F3NOSi.